The fraction of sp³-hybridized carbons (Fsp3) is 0.0909. The highest BCUT2D eigenvalue weighted by molar-refractivity contribution is 6.09. The predicted octanol–water partition coefficient (Wildman–Crippen LogP) is 6.61. The molecular weight excluding hydrogens is 482 g/mol. The van der Waals surface area contributed by atoms with E-state index in [2.05, 4.69) is 40.1 Å². The minimum atomic E-state index is -2.35. The number of imidazole rings is 1. The fourth-order valence-corrected chi connectivity index (χ4v) is 5.14. The van der Waals surface area contributed by atoms with Crippen LogP contribution in [-0.2, 0) is 6.98 Å². The number of para-hydroxylation sites is 3. The van der Waals surface area contributed by atoms with Crippen molar-refractivity contribution in [2.75, 3.05) is 19.0 Å². The minimum absolute atomic E-state index is 0.578. The van der Waals surface area contributed by atoms with E-state index in [9.17, 15) is 0 Å². The SMILES string of the molecule is [2H]C([2H])([2H])[n+]1[c-]n(-c2cccc(Oc3ccc4c5ccccc5n(-c5cc(N(C)C)ccn5)c4c3)c2)c2ccccc21. The number of pyridine rings is 1. The lowest BCUT2D eigenvalue weighted by molar-refractivity contribution is -0.649. The molecule has 0 amide bonds. The normalized spacial score (nSPS) is 12.9. The summed E-state index contributed by atoms with van der Waals surface area (Å²) >= 11 is 0. The van der Waals surface area contributed by atoms with Crippen LogP contribution in [0.4, 0.5) is 5.69 Å². The third-order valence-corrected chi connectivity index (χ3v) is 6.99. The third kappa shape index (κ3) is 3.89. The number of aromatic nitrogens is 4. The molecule has 0 fully saturated rings. The second kappa shape index (κ2) is 9.03. The molecule has 0 aliphatic heterocycles. The van der Waals surface area contributed by atoms with Gasteiger partial charge in [0.25, 0.3) is 0 Å². The number of anilines is 1. The average molecular weight is 513 g/mol. The Balaban J connectivity index is 1.32. The molecule has 6 heteroatoms. The second-order valence-corrected chi connectivity index (χ2v) is 9.66. The maximum atomic E-state index is 7.96. The monoisotopic (exact) mass is 512 g/mol. The van der Waals surface area contributed by atoms with Crippen molar-refractivity contribution >= 4 is 38.5 Å². The molecule has 190 valence electrons. The summed E-state index contributed by atoms with van der Waals surface area (Å²) in [6.07, 6.45) is 4.84. The van der Waals surface area contributed by atoms with Gasteiger partial charge in [0.2, 0.25) is 6.33 Å². The lowest BCUT2D eigenvalue weighted by atomic mass is 10.1. The van der Waals surface area contributed by atoms with Crippen LogP contribution in [0.2, 0.25) is 0 Å². The molecule has 0 saturated heterocycles. The van der Waals surface area contributed by atoms with Gasteiger partial charge in [-0.25, -0.2) is 4.98 Å². The van der Waals surface area contributed by atoms with E-state index in [0.717, 1.165) is 44.5 Å². The van der Waals surface area contributed by atoms with E-state index < -0.39 is 6.98 Å². The topological polar surface area (TPSA) is 39.1 Å². The minimum Gasteiger partial charge on any atom is -0.458 e. The van der Waals surface area contributed by atoms with E-state index in [-0.39, 0.29) is 0 Å². The Bertz CT molecular complexity index is 2110. The first-order valence-corrected chi connectivity index (χ1v) is 12.7. The zero-order chi connectivity index (χ0) is 29.0. The molecule has 0 radical (unpaired) electrons. The molecule has 7 rings (SSSR count). The van der Waals surface area contributed by atoms with Crippen LogP contribution in [0.15, 0.2) is 109 Å². The molecule has 39 heavy (non-hydrogen) atoms. The Morgan fingerprint density at radius 3 is 2.46 bits per heavy atom. The quantitative estimate of drug-likeness (QED) is 0.193. The number of fused-ring (bicyclic) bond motifs is 4. The van der Waals surface area contributed by atoms with Crippen molar-refractivity contribution in [3.63, 3.8) is 0 Å². The van der Waals surface area contributed by atoms with Gasteiger partial charge in [-0.05, 0) is 36.4 Å². The molecule has 3 heterocycles. The van der Waals surface area contributed by atoms with E-state index in [1.54, 1.807) is 10.6 Å². The lowest BCUT2D eigenvalue weighted by Crippen LogP contribution is -2.26. The molecule has 0 bridgehead atoms. The first-order chi connectivity index (χ1) is 20.3. The van der Waals surface area contributed by atoms with Crippen molar-refractivity contribution in [2.45, 2.75) is 0 Å². The van der Waals surface area contributed by atoms with Gasteiger partial charge in [0.05, 0.1) is 38.8 Å². The van der Waals surface area contributed by atoms with Gasteiger partial charge >= 0.3 is 0 Å². The summed E-state index contributed by atoms with van der Waals surface area (Å²) in [5.74, 6) is 2.12. The summed E-state index contributed by atoms with van der Waals surface area (Å²) in [7, 11) is 4.03. The summed E-state index contributed by atoms with van der Waals surface area (Å²) in [6, 6.07) is 33.4. The van der Waals surface area contributed by atoms with Gasteiger partial charge in [-0.3, -0.25) is 4.57 Å². The van der Waals surface area contributed by atoms with Crippen LogP contribution < -0.4 is 14.2 Å². The van der Waals surface area contributed by atoms with Crippen LogP contribution in [0.3, 0.4) is 0 Å². The second-order valence-electron chi connectivity index (χ2n) is 9.66. The highest BCUT2D eigenvalue weighted by atomic mass is 16.5. The molecular formula is C33H27N5O. The van der Waals surface area contributed by atoms with E-state index in [1.165, 1.54) is 4.57 Å². The maximum Gasteiger partial charge on any atom is 0.244 e. The zero-order valence-corrected chi connectivity index (χ0v) is 21.5. The van der Waals surface area contributed by atoms with E-state index >= 15 is 0 Å². The van der Waals surface area contributed by atoms with Crippen molar-refractivity contribution in [1.29, 1.82) is 0 Å². The zero-order valence-electron chi connectivity index (χ0n) is 24.5. The third-order valence-electron chi connectivity index (χ3n) is 6.99. The summed E-state index contributed by atoms with van der Waals surface area (Å²) in [4.78, 5) is 6.78. The first kappa shape index (κ1) is 19.9. The molecule has 0 atom stereocenters. The van der Waals surface area contributed by atoms with Crippen molar-refractivity contribution in [3.8, 4) is 23.0 Å². The molecule has 7 aromatic rings. The van der Waals surface area contributed by atoms with Crippen LogP contribution in [0.1, 0.15) is 4.11 Å². The Labute approximate surface area is 230 Å². The Kier molecular flexibility index (Phi) is 4.61. The number of benzene rings is 4. The number of hydrogen-bond donors (Lipinski definition) is 0. The first-order valence-electron chi connectivity index (χ1n) is 14.2. The van der Waals surface area contributed by atoms with Crippen molar-refractivity contribution in [1.82, 2.24) is 14.1 Å². The molecule has 3 aromatic heterocycles. The lowest BCUT2D eigenvalue weighted by Gasteiger charge is -2.14. The van der Waals surface area contributed by atoms with E-state index in [4.69, 9.17) is 13.8 Å². The summed E-state index contributed by atoms with van der Waals surface area (Å²) in [5, 5.41) is 2.24. The highest BCUT2D eigenvalue weighted by Gasteiger charge is 2.15. The molecule has 0 aliphatic carbocycles. The van der Waals surface area contributed by atoms with Crippen LogP contribution in [0.5, 0.6) is 11.5 Å². The van der Waals surface area contributed by atoms with Gasteiger partial charge in [0.1, 0.15) is 17.3 Å². The fourth-order valence-electron chi connectivity index (χ4n) is 5.14. The number of aryl methyl sites for hydroxylation is 1. The molecule has 0 spiro atoms. The van der Waals surface area contributed by atoms with E-state index in [0.29, 0.717) is 17.0 Å². The van der Waals surface area contributed by atoms with Crippen LogP contribution in [-0.4, -0.2) is 28.2 Å². The van der Waals surface area contributed by atoms with Gasteiger partial charge in [-0.15, -0.1) is 0 Å². The maximum absolute atomic E-state index is 7.96. The molecule has 0 saturated carbocycles. The van der Waals surface area contributed by atoms with Gasteiger partial charge in [0.15, 0.2) is 0 Å². The summed E-state index contributed by atoms with van der Waals surface area (Å²) in [6.45, 7) is -2.35. The number of ether oxygens (including phenoxy) is 1. The van der Waals surface area contributed by atoms with Gasteiger partial charge in [-0.1, -0.05) is 54.6 Å². The summed E-state index contributed by atoms with van der Waals surface area (Å²) in [5.41, 5.74) is 5.17. The summed E-state index contributed by atoms with van der Waals surface area (Å²) < 4.78 is 35.4. The Hall–Kier alpha value is -5.10. The van der Waals surface area contributed by atoms with Gasteiger partial charge in [0, 0.05) is 48.9 Å². The number of rotatable bonds is 5. The van der Waals surface area contributed by atoms with E-state index in [1.807, 2.05) is 93.1 Å². The largest absolute Gasteiger partial charge is 0.458 e. The van der Waals surface area contributed by atoms with Gasteiger partial charge < -0.3 is 18.8 Å². The Morgan fingerprint density at radius 2 is 1.59 bits per heavy atom. The average Bonchev–Trinajstić information content (AvgIpc) is 3.54. The number of hydrogen-bond acceptors (Lipinski definition) is 3. The molecule has 6 nitrogen and oxygen atoms in total. The highest BCUT2D eigenvalue weighted by Crippen LogP contribution is 2.35. The molecule has 0 aliphatic rings. The number of nitrogens with zero attached hydrogens (tertiary/aromatic N) is 5. The van der Waals surface area contributed by atoms with Crippen LogP contribution >= 0.6 is 0 Å². The molecule has 0 unspecified atom stereocenters. The van der Waals surface area contributed by atoms with Crippen molar-refractivity contribution in [3.05, 3.63) is 116 Å². The van der Waals surface area contributed by atoms with Gasteiger partial charge in [-0.2, -0.15) is 0 Å². The smallest absolute Gasteiger partial charge is 0.244 e. The van der Waals surface area contributed by atoms with Crippen LogP contribution in [0, 0.1) is 6.33 Å². The van der Waals surface area contributed by atoms with Crippen molar-refractivity contribution < 1.29 is 13.4 Å². The molecule has 4 aromatic carbocycles. The molecule has 0 N–H and O–H groups in total. The Morgan fingerprint density at radius 1 is 0.795 bits per heavy atom. The van der Waals surface area contributed by atoms with Crippen molar-refractivity contribution in [2.24, 2.45) is 6.98 Å². The van der Waals surface area contributed by atoms with Crippen LogP contribution in [0.25, 0.3) is 44.3 Å². The predicted molar refractivity (Wildman–Crippen MR) is 156 cm³/mol. The standard InChI is InChI=1S/C33H27N5O/c1-35(2)23-17-18-34-33(20-23)38-29-12-5-4-11-27(29)28-16-15-26(21-32(28)38)39-25-10-8-9-24(19-25)37-22-36(3)30-13-6-7-14-31(30)37/h4-21H,1-3H3/i3D3.